The van der Waals surface area contributed by atoms with Gasteiger partial charge in [0, 0.05) is 23.5 Å². The molecule has 0 saturated carbocycles. The lowest BCUT2D eigenvalue weighted by atomic mass is 9.88. The Hall–Kier alpha value is -2.97. The highest BCUT2D eigenvalue weighted by Gasteiger charge is 2.50. The van der Waals surface area contributed by atoms with Gasteiger partial charge >= 0.3 is 0 Å². The van der Waals surface area contributed by atoms with Gasteiger partial charge in [-0.2, -0.15) is 0 Å². The molecular formula is C18H14N2O3. The van der Waals surface area contributed by atoms with Crippen LogP contribution in [-0.4, -0.2) is 28.3 Å². The van der Waals surface area contributed by atoms with Gasteiger partial charge in [-0.15, -0.1) is 6.42 Å². The van der Waals surface area contributed by atoms with E-state index in [1.54, 1.807) is 42.6 Å². The largest absolute Gasteiger partial charge is 0.375 e. The van der Waals surface area contributed by atoms with Crippen LogP contribution in [0.25, 0.3) is 0 Å². The molecule has 23 heavy (non-hydrogen) atoms. The molecule has 0 aliphatic carbocycles. The Balaban J connectivity index is 1.99. The van der Waals surface area contributed by atoms with Crippen LogP contribution in [0.3, 0.4) is 0 Å². The average Bonchev–Trinajstić information content (AvgIpc) is 2.78. The van der Waals surface area contributed by atoms with E-state index >= 15 is 0 Å². The van der Waals surface area contributed by atoms with Crippen molar-refractivity contribution in [1.82, 2.24) is 4.98 Å². The van der Waals surface area contributed by atoms with Crippen molar-refractivity contribution in [3.8, 4) is 12.3 Å². The van der Waals surface area contributed by atoms with E-state index in [1.165, 1.54) is 11.1 Å². The molecule has 0 fully saturated rings. The number of carbonyl (C=O) groups is 2. The number of carbonyl (C=O) groups excluding carboxylic acids is 2. The van der Waals surface area contributed by atoms with Gasteiger partial charge in [-0.25, -0.2) is 0 Å². The van der Waals surface area contributed by atoms with E-state index < -0.39 is 11.5 Å². The highest BCUT2D eigenvalue weighted by molar-refractivity contribution is 6.10. The number of fused-ring (bicyclic) bond motifs is 1. The fourth-order valence-electron chi connectivity index (χ4n) is 2.79. The number of rotatable bonds is 4. The average molecular weight is 306 g/mol. The monoisotopic (exact) mass is 306 g/mol. The minimum atomic E-state index is -1.90. The molecule has 5 heteroatoms. The van der Waals surface area contributed by atoms with Crippen LogP contribution in [0.15, 0.2) is 48.8 Å². The maximum Gasteiger partial charge on any atom is 0.265 e. The van der Waals surface area contributed by atoms with Gasteiger partial charge in [0.15, 0.2) is 11.4 Å². The number of amides is 1. The molecule has 1 aliphatic rings. The molecule has 1 N–H and O–H groups in total. The van der Waals surface area contributed by atoms with Gasteiger partial charge in [-0.3, -0.25) is 19.5 Å². The summed E-state index contributed by atoms with van der Waals surface area (Å²) in [6.07, 6.45) is 7.92. The first-order valence-corrected chi connectivity index (χ1v) is 7.08. The predicted molar refractivity (Wildman–Crippen MR) is 84.7 cm³/mol. The number of nitrogens with zero attached hydrogens (tertiary/aromatic N) is 2. The Morgan fingerprint density at radius 3 is 2.78 bits per heavy atom. The zero-order valence-corrected chi connectivity index (χ0v) is 12.3. The number of benzene rings is 1. The van der Waals surface area contributed by atoms with Crippen LogP contribution in [0, 0.1) is 12.3 Å². The number of aliphatic hydroxyl groups is 1. The molecule has 114 valence electrons. The second-order valence-electron chi connectivity index (χ2n) is 5.31. The number of ketones is 1. The summed E-state index contributed by atoms with van der Waals surface area (Å²) < 4.78 is 0. The number of pyridine rings is 1. The molecule has 1 amide bonds. The van der Waals surface area contributed by atoms with Crippen molar-refractivity contribution in [2.45, 2.75) is 12.0 Å². The standard InChI is InChI=1S/C18H14N2O3/c1-2-10-20-15-8-4-3-7-14(15)18(23,17(20)22)11-16(21)13-6-5-9-19-12-13/h1,3-9,12,23H,10-11H2. The molecule has 5 nitrogen and oxygen atoms in total. The maximum absolute atomic E-state index is 12.7. The van der Waals surface area contributed by atoms with Gasteiger partial charge in [-0.1, -0.05) is 24.1 Å². The lowest BCUT2D eigenvalue weighted by Crippen LogP contribution is -2.42. The Morgan fingerprint density at radius 2 is 2.09 bits per heavy atom. The van der Waals surface area contributed by atoms with Crippen molar-refractivity contribution in [2.24, 2.45) is 0 Å². The van der Waals surface area contributed by atoms with Crippen LogP contribution in [0.2, 0.25) is 0 Å². The topological polar surface area (TPSA) is 70.5 Å². The fourth-order valence-corrected chi connectivity index (χ4v) is 2.79. The summed E-state index contributed by atoms with van der Waals surface area (Å²) in [5.41, 5.74) is -0.614. The minimum absolute atomic E-state index is 0.0409. The van der Waals surface area contributed by atoms with E-state index in [0.717, 1.165) is 0 Å². The van der Waals surface area contributed by atoms with Gasteiger partial charge in [0.2, 0.25) is 0 Å². The van der Waals surface area contributed by atoms with Crippen molar-refractivity contribution in [3.05, 3.63) is 59.9 Å². The van der Waals surface area contributed by atoms with Crippen LogP contribution >= 0.6 is 0 Å². The van der Waals surface area contributed by atoms with Crippen LogP contribution in [0.1, 0.15) is 22.3 Å². The highest BCUT2D eigenvalue weighted by Crippen LogP contribution is 2.42. The van der Waals surface area contributed by atoms with Crippen LogP contribution < -0.4 is 4.90 Å². The molecule has 1 aromatic carbocycles. The Morgan fingerprint density at radius 1 is 1.30 bits per heavy atom. The van der Waals surface area contributed by atoms with E-state index in [2.05, 4.69) is 10.9 Å². The van der Waals surface area contributed by atoms with E-state index in [-0.39, 0.29) is 18.7 Å². The van der Waals surface area contributed by atoms with Crippen molar-refractivity contribution >= 4 is 17.4 Å². The molecule has 0 radical (unpaired) electrons. The molecule has 2 aromatic rings. The van der Waals surface area contributed by atoms with Gasteiger partial charge < -0.3 is 5.11 Å². The van der Waals surface area contributed by atoms with Gasteiger partial charge in [0.25, 0.3) is 5.91 Å². The van der Waals surface area contributed by atoms with Gasteiger partial charge in [-0.05, 0) is 18.2 Å². The van der Waals surface area contributed by atoms with Crippen LogP contribution in [-0.2, 0) is 10.4 Å². The first kappa shape index (κ1) is 14.9. The fraction of sp³-hybridized carbons (Fsp3) is 0.167. The van der Waals surface area contributed by atoms with Crippen molar-refractivity contribution in [3.63, 3.8) is 0 Å². The predicted octanol–water partition coefficient (Wildman–Crippen LogP) is 1.52. The number of aromatic nitrogens is 1. The molecule has 0 bridgehead atoms. The summed E-state index contributed by atoms with van der Waals surface area (Å²) >= 11 is 0. The zero-order chi connectivity index (χ0) is 16.4. The second kappa shape index (κ2) is 5.67. The number of Topliss-reactive ketones (excluding diaryl/α,β-unsaturated/α-hetero) is 1. The number of para-hydroxylation sites is 1. The lowest BCUT2D eigenvalue weighted by molar-refractivity contribution is -0.135. The maximum atomic E-state index is 12.7. The third-order valence-electron chi connectivity index (χ3n) is 3.89. The summed E-state index contributed by atoms with van der Waals surface area (Å²) in [6.45, 7) is 0.0409. The summed E-state index contributed by atoms with van der Waals surface area (Å²) in [4.78, 5) is 30.3. The molecule has 0 saturated heterocycles. The Bertz CT molecular complexity index is 811. The normalized spacial score (nSPS) is 19.3. The number of hydrogen-bond donors (Lipinski definition) is 1. The third kappa shape index (κ3) is 2.39. The Labute approximate surface area is 133 Å². The minimum Gasteiger partial charge on any atom is -0.375 e. The molecule has 1 unspecified atom stereocenters. The first-order valence-electron chi connectivity index (χ1n) is 7.08. The van der Waals surface area contributed by atoms with E-state index in [4.69, 9.17) is 6.42 Å². The summed E-state index contributed by atoms with van der Waals surface area (Å²) in [7, 11) is 0. The van der Waals surface area contributed by atoms with Gasteiger partial charge in [0.1, 0.15) is 0 Å². The molecule has 1 aromatic heterocycles. The van der Waals surface area contributed by atoms with E-state index in [9.17, 15) is 14.7 Å². The number of anilines is 1. The third-order valence-corrected chi connectivity index (χ3v) is 3.89. The second-order valence-corrected chi connectivity index (χ2v) is 5.31. The van der Waals surface area contributed by atoms with Gasteiger partial charge in [0.05, 0.1) is 18.7 Å². The molecular weight excluding hydrogens is 292 g/mol. The molecule has 3 rings (SSSR count). The van der Waals surface area contributed by atoms with Crippen molar-refractivity contribution in [2.75, 3.05) is 11.4 Å². The van der Waals surface area contributed by atoms with E-state index in [0.29, 0.717) is 16.8 Å². The van der Waals surface area contributed by atoms with Crippen molar-refractivity contribution in [1.29, 1.82) is 0 Å². The molecule has 1 aliphatic heterocycles. The molecule has 2 heterocycles. The summed E-state index contributed by atoms with van der Waals surface area (Å²) in [5.74, 6) is 1.47. The van der Waals surface area contributed by atoms with Crippen LogP contribution in [0.5, 0.6) is 0 Å². The lowest BCUT2D eigenvalue weighted by Gasteiger charge is -2.21. The van der Waals surface area contributed by atoms with Crippen LogP contribution in [0.4, 0.5) is 5.69 Å². The van der Waals surface area contributed by atoms with E-state index in [1.807, 2.05) is 0 Å². The Kier molecular flexibility index (Phi) is 3.68. The quantitative estimate of drug-likeness (QED) is 0.687. The molecule has 0 spiro atoms. The number of terminal acetylenes is 1. The highest BCUT2D eigenvalue weighted by atomic mass is 16.3. The number of hydrogen-bond acceptors (Lipinski definition) is 4. The summed E-state index contributed by atoms with van der Waals surface area (Å²) in [5, 5.41) is 10.9. The smallest absolute Gasteiger partial charge is 0.265 e. The van der Waals surface area contributed by atoms with Crippen molar-refractivity contribution < 1.29 is 14.7 Å². The summed E-state index contributed by atoms with van der Waals surface area (Å²) in [6, 6.07) is 10.0. The molecule has 1 atom stereocenters. The SMILES string of the molecule is C#CCN1C(=O)C(O)(CC(=O)c2cccnc2)c2ccccc21. The first-order chi connectivity index (χ1) is 11.1. The zero-order valence-electron chi connectivity index (χ0n) is 12.3.